The molecule has 0 atom stereocenters. The highest BCUT2D eigenvalue weighted by Gasteiger charge is 2.23. The molecule has 0 aromatic carbocycles. The molecule has 0 saturated carbocycles. The minimum Gasteiger partial charge on any atom is -0.478 e. The Balaban J connectivity index is 0. The second kappa shape index (κ2) is 16.4. The number of aliphatic carboxylic acids is 2. The van der Waals surface area contributed by atoms with Gasteiger partial charge < -0.3 is 29.2 Å². The SMILES string of the molecule is CC(C)OC(=O)OCO[P+](=O)OCOC(=O)OC(C)C.O=C(O)/C=C/C(=O)O. The van der Waals surface area contributed by atoms with Crippen molar-refractivity contribution in [2.24, 2.45) is 0 Å². The molecule has 0 unspecified atom stereocenters. The fraction of sp³-hybridized carbons (Fsp3) is 0.571. The van der Waals surface area contributed by atoms with Gasteiger partial charge in [-0.25, -0.2) is 19.2 Å². The van der Waals surface area contributed by atoms with Gasteiger partial charge in [0.2, 0.25) is 0 Å². The van der Waals surface area contributed by atoms with Crippen LogP contribution in [0, 0.1) is 0 Å². The number of rotatable bonds is 10. The van der Waals surface area contributed by atoms with Crippen LogP contribution < -0.4 is 0 Å². The lowest BCUT2D eigenvalue weighted by atomic mass is 10.5. The molecule has 0 aromatic rings. The van der Waals surface area contributed by atoms with Crippen LogP contribution in [0.4, 0.5) is 9.59 Å². The largest absolute Gasteiger partial charge is 0.704 e. The predicted octanol–water partition coefficient (Wildman–Crippen LogP) is 2.43. The zero-order valence-electron chi connectivity index (χ0n) is 15.6. The summed E-state index contributed by atoms with van der Waals surface area (Å²) in [6.07, 6.45) is -1.48. The summed E-state index contributed by atoms with van der Waals surface area (Å²) in [6.45, 7) is 5.32. The molecule has 14 heteroatoms. The molecule has 0 aromatic heterocycles. The molecule has 0 bridgehead atoms. The molecule has 28 heavy (non-hydrogen) atoms. The van der Waals surface area contributed by atoms with Crippen LogP contribution in [-0.4, -0.2) is 60.3 Å². The molecular formula is C14H22O13P+. The molecule has 0 aliphatic heterocycles. The topological polar surface area (TPSA) is 181 Å². The highest BCUT2D eigenvalue weighted by molar-refractivity contribution is 7.33. The average Bonchev–Trinajstić information content (AvgIpc) is 2.52. The standard InChI is InChI=1S/C10H18O9P.C4H4O4/c1-7(2)18-9(11)14-5-16-20(13)17-6-15-10(12)19-8(3)4;5-3(6)1-2-4(7)8/h7-8H,5-6H2,1-4H3;1-2H,(H,5,6)(H,7,8)/q+1;/b;2-1+. The van der Waals surface area contributed by atoms with Crippen molar-refractivity contribution in [2.75, 3.05) is 13.6 Å². The molecule has 0 amide bonds. The molecule has 0 aliphatic rings. The Morgan fingerprint density at radius 3 is 1.36 bits per heavy atom. The van der Waals surface area contributed by atoms with Crippen LogP contribution in [0.25, 0.3) is 0 Å². The van der Waals surface area contributed by atoms with Crippen LogP contribution in [0.5, 0.6) is 0 Å². The van der Waals surface area contributed by atoms with Crippen molar-refractivity contribution in [2.45, 2.75) is 39.9 Å². The summed E-state index contributed by atoms with van der Waals surface area (Å²) in [5.74, 6) is -2.51. The van der Waals surface area contributed by atoms with Crippen molar-refractivity contribution >= 4 is 32.5 Å². The number of carbonyl (C=O) groups excluding carboxylic acids is 2. The Hall–Kier alpha value is -2.76. The fourth-order valence-corrected chi connectivity index (χ4v) is 1.22. The van der Waals surface area contributed by atoms with Crippen molar-refractivity contribution < 1.29 is 62.0 Å². The van der Waals surface area contributed by atoms with Gasteiger partial charge in [0.15, 0.2) is 0 Å². The zero-order valence-corrected chi connectivity index (χ0v) is 16.5. The van der Waals surface area contributed by atoms with E-state index in [-0.39, 0.29) is 12.2 Å². The summed E-state index contributed by atoms with van der Waals surface area (Å²) in [5, 5.41) is 15.6. The first kappa shape index (κ1) is 27.5. The average molecular weight is 429 g/mol. The number of hydrogen-bond acceptors (Lipinski definition) is 11. The lowest BCUT2D eigenvalue weighted by Crippen LogP contribution is -2.15. The van der Waals surface area contributed by atoms with E-state index < -0.39 is 46.1 Å². The van der Waals surface area contributed by atoms with Gasteiger partial charge in [-0.3, -0.25) is 0 Å². The van der Waals surface area contributed by atoms with Gasteiger partial charge in [-0.05, 0) is 27.7 Å². The van der Waals surface area contributed by atoms with E-state index in [9.17, 15) is 23.7 Å². The van der Waals surface area contributed by atoms with E-state index in [0.717, 1.165) is 0 Å². The number of carboxylic acids is 2. The number of ether oxygens (including phenoxy) is 4. The van der Waals surface area contributed by atoms with E-state index in [1.807, 2.05) is 0 Å². The Kier molecular flexibility index (Phi) is 16.1. The highest BCUT2D eigenvalue weighted by Crippen LogP contribution is 2.23. The van der Waals surface area contributed by atoms with Crippen LogP contribution in [-0.2, 0) is 42.1 Å². The van der Waals surface area contributed by atoms with E-state index in [0.29, 0.717) is 12.2 Å². The lowest BCUT2D eigenvalue weighted by Gasteiger charge is -2.06. The Morgan fingerprint density at radius 1 is 0.786 bits per heavy atom. The molecule has 0 saturated heterocycles. The first-order chi connectivity index (χ1) is 12.9. The first-order valence-electron chi connectivity index (χ1n) is 7.47. The predicted molar refractivity (Wildman–Crippen MR) is 89.3 cm³/mol. The molecule has 0 rings (SSSR count). The van der Waals surface area contributed by atoms with Gasteiger partial charge in [0.05, 0.1) is 12.2 Å². The van der Waals surface area contributed by atoms with Gasteiger partial charge in [-0.1, -0.05) is 9.05 Å². The Bertz CT molecular complexity index is 509. The third-order valence-electron chi connectivity index (χ3n) is 1.70. The minimum atomic E-state index is -2.60. The maximum absolute atomic E-state index is 11.1. The summed E-state index contributed by atoms with van der Waals surface area (Å²) in [4.78, 5) is 40.9. The molecule has 0 aliphatic carbocycles. The van der Waals surface area contributed by atoms with E-state index >= 15 is 0 Å². The van der Waals surface area contributed by atoms with Gasteiger partial charge >= 0.3 is 32.5 Å². The molecule has 0 heterocycles. The highest BCUT2D eigenvalue weighted by atomic mass is 31.1. The van der Waals surface area contributed by atoms with Gasteiger partial charge in [0.1, 0.15) is 0 Å². The van der Waals surface area contributed by atoms with Gasteiger partial charge in [0.25, 0.3) is 13.6 Å². The summed E-state index contributed by atoms with van der Waals surface area (Å²) >= 11 is 0. The quantitative estimate of drug-likeness (QED) is 0.224. The normalized spacial score (nSPS) is 10.1. The van der Waals surface area contributed by atoms with Crippen LogP contribution >= 0.6 is 8.25 Å². The maximum atomic E-state index is 11.1. The molecule has 2 N–H and O–H groups in total. The van der Waals surface area contributed by atoms with Crippen LogP contribution in [0.3, 0.4) is 0 Å². The molecule has 13 nitrogen and oxygen atoms in total. The fourth-order valence-electron chi connectivity index (χ4n) is 0.868. The number of carboxylic acid groups (broad SMARTS) is 2. The number of hydrogen-bond donors (Lipinski definition) is 2. The lowest BCUT2D eigenvalue weighted by molar-refractivity contribution is -0.134. The second-order valence-electron chi connectivity index (χ2n) is 4.85. The van der Waals surface area contributed by atoms with Crippen molar-refractivity contribution in [3.05, 3.63) is 12.2 Å². The molecule has 0 radical (unpaired) electrons. The summed E-state index contributed by atoms with van der Waals surface area (Å²) in [6, 6.07) is 0. The summed E-state index contributed by atoms with van der Waals surface area (Å²) < 4.78 is 38.2. The van der Waals surface area contributed by atoms with Crippen molar-refractivity contribution in [3.63, 3.8) is 0 Å². The Labute approximate surface area is 161 Å². The third-order valence-corrected chi connectivity index (χ3v) is 2.33. The maximum Gasteiger partial charge on any atom is 0.704 e. The van der Waals surface area contributed by atoms with E-state index in [1.54, 1.807) is 27.7 Å². The van der Waals surface area contributed by atoms with Crippen LogP contribution in [0.2, 0.25) is 0 Å². The van der Waals surface area contributed by atoms with Gasteiger partial charge in [0, 0.05) is 16.7 Å². The summed E-state index contributed by atoms with van der Waals surface area (Å²) in [5.41, 5.74) is 0. The van der Waals surface area contributed by atoms with E-state index in [4.69, 9.17) is 10.2 Å². The molecule has 0 fully saturated rings. The van der Waals surface area contributed by atoms with E-state index in [1.165, 1.54) is 0 Å². The van der Waals surface area contributed by atoms with Gasteiger partial charge in [-0.15, -0.1) is 0 Å². The van der Waals surface area contributed by atoms with Crippen molar-refractivity contribution in [3.8, 4) is 0 Å². The summed E-state index contributed by atoms with van der Waals surface area (Å²) in [7, 11) is -2.60. The minimum absolute atomic E-state index is 0.340. The smallest absolute Gasteiger partial charge is 0.478 e. The molecular weight excluding hydrogens is 407 g/mol. The van der Waals surface area contributed by atoms with Crippen LogP contribution in [0.15, 0.2) is 12.2 Å². The third kappa shape index (κ3) is 23.2. The number of carbonyl (C=O) groups is 4. The second-order valence-corrected chi connectivity index (χ2v) is 5.81. The molecule has 160 valence electrons. The van der Waals surface area contributed by atoms with Gasteiger partial charge in [-0.2, -0.15) is 0 Å². The van der Waals surface area contributed by atoms with E-state index in [2.05, 4.69) is 28.0 Å². The van der Waals surface area contributed by atoms with Crippen molar-refractivity contribution in [1.29, 1.82) is 0 Å². The molecule has 0 spiro atoms. The monoisotopic (exact) mass is 429 g/mol. The zero-order chi connectivity index (χ0) is 22.1. The Morgan fingerprint density at radius 2 is 1.11 bits per heavy atom. The van der Waals surface area contributed by atoms with Crippen molar-refractivity contribution in [1.82, 2.24) is 0 Å². The first-order valence-corrected chi connectivity index (χ1v) is 8.57. The van der Waals surface area contributed by atoms with Crippen LogP contribution in [0.1, 0.15) is 27.7 Å².